The second kappa shape index (κ2) is 8.26. The van der Waals surface area contributed by atoms with Crippen LogP contribution in [0.25, 0.3) is 27.4 Å². The van der Waals surface area contributed by atoms with Gasteiger partial charge in [-0.2, -0.15) is 0 Å². The minimum atomic E-state index is -0.991. The van der Waals surface area contributed by atoms with E-state index in [0.29, 0.717) is 38.4 Å². The highest BCUT2D eigenvalue weighted by Gasteiger charge is 2.19. The molecule has 164 valence electrons. The summed E-state index contributed by atoms with van der Waals surface area (Å²) >= 11 is 6.36. The Bertz CT molecular complexity index is 1570. The number of benzene rings is 3. The largest absolute Gasteiger partial charge is 0.361 e. The van der Waals surface area contributed by atoms with Crippen LogP contribution in [-0.4, -0.2) is 14.5 Å². The topological polar surface area (TPSA) is 59.8 Å². The Labute approximate surface area is 192 Å². The molecule has 0 bridgehead atoms. The zero-order chi connectivity index (χ0) is 23.1. The minimum absolute atomic E-state index is 0.256. The predicted molar refractivity (Wildman–Crippen MR) is 126 cm³/mol. The summed E-state index contributed by atoms with van der Waals surface area (Å²) in [6.45, 7) is 1.86. The highest BCUT2D eigenvalue weighted by Crippen LogP contribution is 2.29. The van der Waals surface area contributed by atoms with Crippen molar-refractivity contribution in [1.82, 2.24) is 14.5 Å². The van der Waals surface area contributed by atoms with Gasteiger partial charge in [0.25, 0.3) is 5.56 Å². The van der Waals surface area contributed by atoms with Crippen LogP contribution in [0.15, 0.2) is 77.9 Å². The van der Waals surface area contributed by atoms with Gasteiger partial charge in [0.2, 0.25) is 0 Å². The molecule has 0 unspecified atom stereocenters. The first-order valence-electron chi connectivity index (χ1n) is 10.2. The molecule has 0 fully saturated rings. The van der Waals surface area contributed by atoms with Crippen LogP contribution in [0.1, 0.15) is 18.7 Å². The molecule has 33 heavy (non-hydrogen) atoms. The van der Waals surface area contributed by atoms with Crippen LogP contribution in [0, 0.1) is 11.6 Å². The van der Waals surface area contributed by atoms with Crippen molar-refractivity contribution in [3.8, 4) is 5.69 Å². The molecule has 5 aromatic rings. The summed E-state index contributed by atoms with van der Waals surface area (Å²) in [5.74, 6) is -1.65. The summed E-state index contributed by atoms with van der Waals surface area (Å²) in [6.07, 6.45) is 1.28. The molecule has 0 aliphatic rings. The third kappa shape index (κ3) is 3.70. The van der Waals surface area contributed by atoms with Gasteiger partial charge in [-0.25, -0.2) is 18.7 Å². The van der Waals surface area contributed by atoms with Gasteiger partial charge in [-0.1, -0.05) is 41.9 Å². The SMILES string of the molecule is C[C@H](Nc1ncnc2cc(F)c(F)cc12)c1cc2cccc(Cl)c2c(=O)n1-c1ccccc1. The lowest BCUT2D eigenvalue weighted by Crippen LogP contribution is -2.25. The van der Waals surface area contributed by atoms with Crippen LogP contribution in [0.5, 0.6) is 0 Å². The maximum atomic E-state index is 13.9. The van der Waals surface area contributed by atoms with Crippen molar-refractivity contribution in [2.75, 3.05) is 5.32 Å². The van der Waals surface area contributed by atoms with Gasteiger partial charge in [0.15, 0.2) is 11.6 Å². The van der Waals surface area contributed by atoms with Crippen LogP contribution in [0.2, 0.25) is 5.02 Å². The summed E-state index contributed by atoms with van der Waals surface area (Å²) in [6, 6.07) is 18.0. The quantitative estimate of drug-likeness (QED) is 0.354. The van der Waals surface area contributed by atoms with Gasteiger partial charge in [0, 0.05) is 22.8 Å². The summed E-state index contributed by atoms with van der Waals surface area (Å²) in [4.78, 5) is 21.8. The second-order valence-electron chi connectivity index (χ2n) is 7.62. The van der Waals surface area contributed by atoms with Gasteiger partial charge in [-0.15, -0.1) is 0 Å². The Morgan fingerprint density at radius 3 is 2.52 bits per heavy atom. The molecule has 0 aliphatic heterocycles. The number of anilines is 1. The maximum absolute atomic E-state index is 13.9. The van der Waals surface area contributed by atoms with Crippen molar-refractivity contribution < 1.29 is 8.78 Å². The van der Waals surface area contributed by atoms with Gasteiger partial charge in [0.05, 0.1) is 22.0 Å². The van der Waals surface area contributed by atoms with Crippen LogP contribution in [-0.2, 0) is 0 Å². The number of nitrogens with one attached hydrogen (secondary N) is 1. The van der Waals surface area contributed by atoms with E-state index in [2.05, 4.69) is 15.3 Å². The molecule has 0 aliphatic carbocycles. The number of aromatic nitrogens is 3. The molecule has 5 nitrogen and oxygen atoms in total. The smallest absolute Gasteiger partial charge is 0.264 e. The fourth-order valence-corrected chi connectivity index (χ4v) is 4.21. The Morgan fingerprint density at radius 1 is 0.970 bits per heavy atom. The summed E-state index contributed by atoms with van der Waals surface area (Å²) in [5.41, 5.74) is 1.34. The number of para-hydroxylation sites is 1. The molecule has 3 aromatic carbocycles. The lowest BCUT2D eigenvalue weighted by molar-refractivity contribution is 0.510. The summed E-state index contributed by atoms with van der Waals surface area (Å²) in [7, 11) is 0. The van der Waals surface area contributed by atoms with Gasteiger partial charge in [-0.3, -0.25) is 9.36 Å². The van der Waals surface area contributed by atoms with Crippen LogP contribution < -0.4 is 10.9 Å². The van der Waals surface area contributed by atoms with E-state index >= 15 is 0 Å². The molecule has 1 N–H and O–H groups in total. The number of hydrogen-bond donors (Lipinski definition) is 1. The lowest BCUT2D eigenvalue weighted by atomic mass is 10.1. The standard InChI is InChI=1S/C25H17ClF2N4O/c1-14(31-24-17-11-19(27)20(28)12-21(17)29-13-30-24)22-10-15-6-5-9-18(26)23(15)25(33)32(22)16-7-3-2-4-8-16/h2-14H,1H3,(H,29,30,31)/t14-/m0/s1. The normalized spacial score (nSPS) is 12.2. The summed E-state index contributed by atoms with van der Waals surface area (Å²) in [5, 5.41) is 5.05. The highest BCUT2D eigenvalue weighted by molar-refractivity contribution is 6.35. The van der Waals surface area contributed by atoms with E-state index in [1.807, 2.05) is 49.4 Å². The summed E-state index contributed by atoms with van der Waals surface area (Å²) < 4.78 is 29.2. The van der Waals surface area contributed by atoms with Crippen molar-refractivity contribution in [3.05, 3.63) is 106 Å². The zero-order valence-corrected chi connectivity index (χ0v) is 18.1. The van der Waals surface area contributed by atoms with Gasteiger partial charge >= 0.3 is 0 Å². The van der Waals surface area contributed by atoms with E-state index in [9.17, 15) is 13.6 Å². The molecule has 0 radical (unpaired) electrons. The molecule has 2 aromatic heterocycles. The van der Waals surface area contributed by atoms with E-state index in [1.54, 1.807) is 16.7 Å². The third-order valence-electron chi connectivity index (χ3n) is 5.51. The van der Waals surface area contributed by atoms with E-state index in [1.165, 1.54) is 6.33 Å². The number of pyridine rings is 1. The maximum Gasteiger partial charge on any atom is 0.264 e. The van der Waals surface area contributed by atoms with E-state index in [-0.39, 0.29) is 11.1 Å². The number of nitrogens with zero attached hydrogens (tertiary/aromatic N) is 3. The lowest BCUT2D eigenvalue weighted by Gasteiger charge is -2.22. The van der Waals surface area contributed by atoms with Crippen LogP contribution >= 0.6 is 11.6 Å². The Hall–Kier alpha value is -3.84. The average molecular weight is 463 g/mol. The van der Waals surface area contributed by atoms with Gasteiger partial charge in [-0.05, 0) is 42.6 Å². The van der Waals surface area contributed by atoms with E-state index < -0.39 is 17.7 Å². The molecule has 5 rings (SSSR count). The molecule has 0 saturated carbocycles. The first-order chi connectivity index (χ1) is 15.9. The predicted octanol–water partition coefficient (Wildman–Crippen LogP) is 6.04. The average Bonchev–Trinajstić information content (AvgIpc) is 2.80. The van der Waals surface area contributed by atoms with Gasteiger partial charge < -0.3 is 5.32 Å². The van der Waals surface area contributed by atoms with Crippen LogP contribution in [0.4, 0.5) is 14.6 Å². The van der Waals surface area contributed by atoms with Crippen molar-refractivity contribution in [2.45, 2.75) is 13.0 Å². The molecule has 0 saturated heterocycles. The van der Waals surface area contributed by atoms with Crippen molar-refractivity contribution in [2.24, 2.45) is 0 Å². The third-order valence-corrected chi connectivity index (χ3v) is 5.83. The molecule has 0 amide bonds. The number of halogens is 3. The number of hydrogen-bond acceptors (Lipinski definition) is 4. The second-order valence-corrected chi connectivity index (χ2v) is 8.03. The minimum Gasteiger partial charge on any atom is -0.361 e. The molecular weight excluding hydrogens is 446 g/mol. The Morgan fingerprint density at radius 2 is 1.73 bits per heavy atom. The molecule has 2 heterocycles. The van der Waals surface area contributed by atoms with Crippen molar-refractivity contribution >= 4 is 39.1 Å². The monoisotopic (exact) mass is 462 g/mol. The first kappa shape index (κ1) is 21.0. The van der Waals surface area contributed by atoms with Crippen molar-refractivity contribution in [3.63, 3.8) is 0 Å². The Balaban J connectivity index is 1.70. The fraction of sp³-hybridized carbons (Fsp3) is 0.0800. The number of rotatable bonds is 4. The van der Waals surface area contributed by atoms with Crippen molar-refractivity contribution in [1.29, 1.82) is 0 Å². The highest BCUT2D eigenvalue weighted by atomic mass is 35.5. The van der Waals surface area contributed by atoms with E-state index in [4.69, 9.17) is 11.6 Å². The fourth-order valence-electron chi connectivity index (χ4n) is 3.95. The molecule has 8 heteroatoms. The first-order valence-corrected chi connectivity index (χ1v) is 10.6. The zero-order valence-electron chi connectivity index (χ0n) is 17.4. The number of fused-ring (bicyclic) bond motifs is 2. The van der Waals surface area contributed by atoms with E-state index in [0.717, 1.165) is 12.1 Å². The Kier molecular flexibility index (Phi) is 5.26. The molecule has 0 spiro atoms. The van der Waals surface area contributed by atoms with Crippen LogP contribution in [0.3, 0.4) is 0 Å². The molecular formula is C25H17ClF2N4O. The molecule has 1 atom stereocenters. The van der Waals surface area contributed by atoms with Gasteiger partial charge in [0.1, 0.15) is 12.1 Å².